The van der Waals surface area contributed by atoms with E-state index in [9.17, 15) is 14.7 Å². The number of nitrogens with one attached hydrogen (secondary N) is 2. The fraction of sp³-hybridized carbons (Fsp3) is 0.174. The van der Waals surface area contributed by atoms with Gasteiger partial charge in [-0.2, -0.15) is 0 Å². The van der Waals surface area contributed by atoms with Crippen molar-refractivity contribution in [2.24, 2.45) is 5.73 Å². The molecule has 0 spiro atoms. The third kappa shape index (κ3) is 5.40. The molecule has 2 aromatic carbocycles. The minimum Gasteiger partial charge on any atom is -0.384 e. The molecule has 5 N–H and O–H groups in total. The second-order valence-corrected chi connectivity index (χ2v) is 8.18. The number of hydrogen-bond acceptors (Lipinski definition) is 6. The van der Waals surface area contributed by atoms with Gasteiger partial charge < -0.3 is 25.8 Å². The van der Waals surface area contributed by atoms with E-state index in [-0.39, 0.29) is 24.8 Å². The maximum atomic E-state index is 13.0. The number of hydrogen-bond donors (Lipinski definition) is 4. The normalized spacial score (nSPS) is 16.6. The van der Waals surface area contributed by atoms with E-state index in [2.05, 4.69) is 5.32 Å². The van der Waals surface area contributed by atoms with E-state index in [4.69, 9.17) is 15.9 Å². The van der Waals surface area contributed by atoms with E-state index in [1.807, 2.05) is 41.8 Å². The van der Waals surface area contributed by atoms with Gasteiger partial charge in [0, 0.05) is 28.4 Å². The summed E-state index contributed by atoms with van der Waals surface area (Å²) in [5.74, 6) is -1.32. The molecule has 2 heterocycles. The number of thiophene rings is 1. The fourth-order valence-corrected chi connectivity index (χ4v) is 4.16. The van der Waals surface area contributed by atoms with E-state index in [0.717, 1.165) is 10.4 Å². The molecule has 1 aliphatic rings. The Morgan fingerprint density at radius 3 is 2.48 bits per heavy atom. The lowest BCUT2D eigenvalue weighted by atomic mass is 10.1. The van der Waals surface area contributed by atoms with Gasteiger partial charge in [-0.15, -0.1) is 23.7 Å². The Kier molecular flexibility index (Phi) is 7.83. The lowest BCUT2D eigenvalue weighted by Crippen LogP contribution is -2.55. The number of carbonyl (C=O) groups excluding carboxylic acids is 2. The fourth-order valence-electron chi connectivity index (χ4n) is 3.42. The van der Waals surface area contributed by atoms with Crippen molar-refractivity contribution in [2.45, 2.75) is 12.2 Å². The zero-order valence-corrected chi connectivity index (χ0v) is 19.1. The molecule has 1 aliphatic heterocycles. The second-order valence-electron chi connectivity index (χ2n) is 7.23. The molecular weight excluding hydrogens is 464 g/mol. The largest absolute Gasteiger partial charge is 0.384 e. The number of morpholine rings is 1. The van der Waals surface area contributed by atoms with Crippen molar-refractivity contribution in [1.29, 1.82) is 5.41 Å². The lowest BCUT2D eigenvalue weighted by molar-refractivity contribution is -0.150. The molecule has 1 unspecified atom stereocenters. The predicted octanol–water partition coefficient (Wildman–Crippen LogP) is 2.85. The van der Waals surface area contributed by atoms with Gasteiger partial charge in [-0.25, -0.2) is 0 Å². The number of anilines is 2. The number of carbonyl (C=O) groups is 2. The predicted molar refractivity (Wildman–Crippen MR) is 131 cm³/mol. The van der Waals surface area contributed by atoms with Gasteiger partial charge in [-0.1, -0.05) is 18.2 Å². The first kappa shape index (κ1) is 24.4. The first-order valence-corrected chi connectivity index (χ1v) is 10.8. The summed E-state index contributed by atoms with van der Waals surface area (Å²) in [6.07, 6.45) is -2.99. The van der Waals surface area contributed by atoms with Crippen LogP contribution in [0.1, 0.15) is 5.56 Å². The van der Waals surface area contributed by atoms with Gasteiger partial charge >= 0.3 is 0 Å². The van der Waals surface area contributed by atoms with Crippen molar-refractivity contribution >= 4 is 52.8 Å². The summed E-state index contributed by atoms with van der Waals surface area (Å²) in [6, 6.07) is 17.9. The highest BCUT2D eigenvalue weighted by Gasteiger charge is 2.39. The molecule has 33 heavy (non-hydrogen) atoms. The SMILES string of the molecule is Cl.N=C(N)c1ccc(NC(=O)C(O)[C@H]2OCCN(c3ccc(-c4cccs4)cc3)C2=O)cc1. The molecule has 10 heteroatoms. The van der Waals surface area contributed by atoms with Crippen LogP contribution in [0.25, 0.3) is 10.4 Å². The summed E-state index contributed by atoms with van der Waals surface area (Å²) in [4.78, 5) is 28.1. The highest BCUT2D eigenvalue weighted by Crippen LogP contribution is 2.28. The molecule has 172 valence electrons. The molecule has 3 aromatic rings. The van der Waals surface area contributed by atoms with Crippen molar-refractivity contribution < 1.29 is 19.4 Å². The number of nitrogens with zero attached hydrogens (tertiary/aromatic N) is 1. The van der Waals surface area contributed by atoms with E-state index in [1.54, 1.807) is 35.6 Å². The van der Waals surface area contributed by atoms with Crippen LogP contribution in [0.15, 0.2) is 66.0 Å². The third-order valence-corrected chi connectivity index (χ3v) is 6.04. The average Bonchev–Trinajstić information content (AvgIpc) is 3.34. The van der Waals surface area contributed by atoms with Gasteiger partial charge in [0.2, 0.25) is 0 Å². The monoisotopic (exact) mass is 486 g/mol. The van der Waals surface area contributed by atoms with Gasteiger partial charge in [-0.3, -0.25) is 15.0 Å². The number of benzene rings is 2. The Morgan fingerprint density at radius 2 is 1.88 bits per heavy atom. The molecular formula is C23H23ClN4O4S. The lowest BCUT2D eigenvalue weighted by Gasteiger charge is -2.34. The van der Waals surface area contributed by atoms with Gasteiger partial charge in [0.05, 0.1) is 6.61 Å². The molecule has 2 amide bonds. The van der Waals surface area contributed by atoms with Crippen LogP contribution in [0.4, 0.5) is 11.4 Å². The number of nitrogen functional groups attached to an aromatic ring is 1. The number of amidine groups is 1. The van der Waals surface area contributed by atoms with Crippen molar-refractivity contribution in [3.8, 4) is 10.4 Å². The van der Waals surface area contributed by atoms with E-state index in [0.29, 0.717) is 23.5 Å². The van der Waals surface area contributed by atoms with Crippen LogP contribution in [-0.2, 0) is 14.3 Å². The van der Waals surface area contributed by atoms with Crippen LogP contribution in [-0.4, -0.2) is 48.1 Å². The van der Waals surface area contributed by atoms with Crippen LogP contribution in [0.5, 0.6) is 0 Å². The molecule has 1 aromatic heterocycles. The first-order valence-electron chi connectivity index (χ1n) is 9.94. The highest BCUT2D eigenvalue weighted by molar-refractivity contribution is 7.13. The number of rotatable bonds is 6. The second kappa shape index (κ2) is 10.6. The topological polar surface area (TPSA) is 129 Å². The number of nitrogens with two attached hydrogens (primary N) is 1. The molecule has 4 rings (SSSR count). The Bertz CT molecular complexity index is 1120. The Hall–Kier alpha value is -3.24. The Labute approximate surface area is 200 Å². The smallest absolute Gasteiger partial charge is 0.259 e. The van der Waals surface area contributed by atoms with Crippen LogP contribution in [0.3, 0.4) is 0 Å². The summed E-state index contributed by atoms with van der Waals surface area (Å²) >= 11 is 1.63. The number of amides is 2. The van der Waals surface area contributed by atoms with Crippen LogP contribution in [0, 0.1) is 5.41 Å². The van der Waals surface area contributed by atoms with Crippen LogP contribution >= 0.6 is 23.7 Å². The van der Waals surface area contributed by atoms with Gasteiger partial charge in [-0.05, 0) is 53.4 Å². The zero-order chi connectivity index (χ0) is 22.7. The summed E-state index contributed by atoms with van der Waals surface area (Å²) in [5, 5.41) is 22.5. The maximum absolute atomic E-state index is 13.0. The summed E-state index contributed by atoms with van der Waals surface area (Å²) in [5.41, 5.74) is 8.06. The van der Waals surface area contributed by atoms with Crippen LogP contribution in [0.2, 0.25) is 0 Å². The Morgan fingerprint density at radius 1 is 1.18 bits per heavy atom. The molecule has 0 bridgehead atoms. The summed E-state index contributed by atoms with van der Waals surface area (Å²) < 4.78 is 5.45. The van der Waals surface area contributed by atoms with Crippen molar-refractivity contribution in [2.75, 3.05) is 23.4 Å². The van der Waals surface area contributed by atoms with E-state index < -0.39 is 24.0 Å². The molecule has 8 nitrogen and oxygen atoms in total. The number of aliphatic hydroxyl groups excluding tert-OH is 1. The third-order valence-electron chi connectivity index (χ3n) is 5.13. The highest BCUT2D eigenvalue weighted by atomic mass is 35.5. The molecule has 1 fully saturated rings. The average molecular weight is 487 g/mol. The van der Waals surface area contributed by atoms with Gasteiger partial charge in [0.25, 0.3) is 11.8 Å². The molecule has 0 aliphatic carbocycles. The number of ether oxygens (including phenoxy) is 1. The minimum atomic E-state index is -1.68. The summed E-state index contributed by atoms with van der Waals surface area (Å²) in [7, 11) is 0. The van der Waals surface area contributed by atoms with Crippen molar-refractivity contribution in [3.05, 3.63) is 71.6 Å². The molecule has 1 saturated heterocycles. The zero-order valence-electron chi connectivity index (χ0n) is 17.4. The van der Waals surface area contributed by atoms with Crippen molar-refractivity contribution in [3.63, 3.8) is 0 Å². The van der Waals surface area contributed by atoms with Crippen LogP contribution < -0.4 is 16.0 Å². The summed E-state index contributed by atoms with van der Waals surface area (Å²) in [6.45, 7) is 0.523. The molecule has 2 atom stereocenters. The van der Waals surface area contributed by atoms with E-state index >= 15 is 0 Å². The minimum absolute atomic E-state index is 0. The van der Waals surface area contributed by atoms with E-state index in [1.165, 1.54) is 4.90 Å². The Balaban J connectivity index is 0.00000306. The maximum Gasteiger partial charge on any atom is 0.259 e. The molecule has 0 radical (unpaired) electrons. The molecule has 0 saturated carbocycles. The number of aliphatic hydroxyl groups is 1. The van der Waals surface area contributed by atoms with Gasteiger partial charge in [0.1, 0.15) is 5.84 Å². The number of halogens is 1. The first-order chi connectivity index (χ1) is 15.4. The quantitative estimate of drug-likeness (QED) is 0.314. The van der Waals surface area contributed by atoms with Crippen molar-refractivity contribution in [1.82, 2.24) is 0 Å². The standard InChI is InChI=1S/C23H22N4O4S.ClH/c24-21(25)15-3-7-16(8-4-15)26-22(29)19(28)20-23(30)27(11-12-31-20)17-9-5-14(6-10-17)18-2-1-13-32-18;/h1-10,13,19-20,28H,11-12H2,(H3,24,25)(H,26,29);1H/t19?,20-;/m1./s1. The van der Waals surface area contributed by atoms with Gasteiger partial charge in [0.15, 0.2) is 12.2 Å².